The van der Waals surface area contributed by atoms with E-state index in [-0.39, 0.29) is 24.9 Å². The first-order valence-electron chi connectivity index (χ1n) is 9.65. The van der Waals surface area contributed by atoms with Crippen LogP contribution in [0.15, 0.2) is 30.3 Å². The molecule has 0 bridgehead atoms. The number of hydrogen-bond acceptors (Lipinski definition) is 4. The lowest BCUT2D eigenvalue weighted by atomic mass is 9.96. The van der Waals surface area contributed by atoms with E-state index in [9.17, 15) is 14.7 Å². The molecule has 2 fully saturated rings. The summed E-state index contributed by atoms with van der Waals surface area (Å²) >= 11 is 0. The molecule has 2 atom stereocenters. The molecule has 6 heteroatoms. The second kappa shape index (κ2) is 9.03. The van der Waals surface area contributed by atoms with Crippen LogP contribution in [0.3, 0.4) is 0 Å². The highest BCUT2D eigenvalue weighted by Gasteiger charge is 2.40. The van der Waals surface area contributed by atoms with Gasteiger partial charge in [-0.2, -0.15) is 0 Å². The van der Waals surface area contributed by atoms with Crippen molar-refractivity contribution in [3.05, 3.63) is 30.3 Å². The minimum atomic E-state index is -0.702. The van der Waals surface area contributed by atoms with E-state index in [1.165, 1.54) is 24.2 Å². The largest absolute Gasteiger partial charge is 0.416 e. The van der Waals surface area contributed by atoms with Gasteiger partial charge in [-0.3, -0.25) is 9.69 Å². The number of aliphatic hydroxyl groups is 1. The van der Waals surface area contributed by atoms with E-state index in [4.69, 9.17) is 4.74 Å². The van der Waals surface area contributed by atoms with Crippen molar-refractivity contribution in [2.24, 2.45) is 0 Å². The Morgan fingerprint density at radius 2 is 1.69 bits per heavy atom. The Labute approximate surface area is 154 Å². The highest BCUT2D eigenvalue weighted by molar-refractivity contribution is 5.87. The standard InChI is InChI=1S/C20H28N2O4/c23-16-13-18(19(24)21-15-9-5-2-1-3-6-10-15)22(14-16)20(25)26-17-11-7-4-8-12-17/h4,7-8,11-12,15-16,18,23H,1-3,5-6,9-10,13-14H2,(H,21,24)/t16-,18+/m1/s1. The van der Waals surface area contributed by atoms with Crippen molar-refractivity contribution >= 4 is 12.0 Å². The maximum atomic E-state index is 12.8. The first kappa shape index (κ1) is 18.7. The topological polar surface area (TPSA) is 78.9 Å². The SMILES string of the molecule is O=C(NC1CCCCCCC1)[C@@H]1C[C@@H](O)CN1C(=O)Oc1ccccc1. The highest BCUT2D eigenvalue weighted by Crippen LogP contribution is 2.22. The van der Waals surface area contributed by atoms with Crippen molar-refractivity contribution in [1.82, 2.24) is 10.2 Å². The fourth-order valence-electron chi connectivity index (χ4n) is 3.81. The molecule has 2 amide bonds. The van der Waals surface area contributed by atoms with E-state index in [1.807, 2.05) is 6.07 Å². The van der Waals surface area contributed by atoms with E-state index in [0.29, 0.717) is 5.75 Å². The van der Waals surface area contributed by atoms with Crippen molar-refractivity contribution in [3.63, 3.8) is 0 Å². The van der Waals surface area contributed by atoms with Crippen LogP contribution in [0.25, 0.3) is 0 Å². The molecule has 3 rings (SSSR count). The van der Waals surface area contributed by atoms with Gasteiger partial charge >= 0.3 is 6.09 Å². The lowest BCUT2D eigenvalue weighted by Gasteiger charge is -2.26. The maximum absolute atomic E-state index is 12.8. The van der Waals surface area contributed by atoms with Crippen LogP contribution in [0.5, 0.6) is 5.75 Å². The van der Waals surface area contributed by atoms with Gasteiger partial charge in [-0.05, 0) is 25.0 Å². The second-order valence-corrected chi connectivity index (χ2v) is 7.29. The van der Waals surface area contributed by atoms with Crippen molar-refractivity contribution in [2.45, 2.75) is 69.6 Å². The van der Waals surface area contributed by atoms with Gasteiger partial charge in [0.25, 0.3) is 0 Å². The number of nitrogens with zero attached hydrogens (tertiary/aromatic N) is 1. The molecule has 1 aromatic carbocycles. The summed E-state index contributed by atoms with van der Waals surface area (Å²) in [7, 11) is 0. The highest BCUT2D eigenvalue weighted by atomic mass is 16.6. The average molecular weight is 360 g/mol. The predicted octanol–water partition coefficient (Wildman–Crippen LogP) is 2.85. The van der Waals surface area contributed by atoms with Gasteiger partial charge < -0.3 is 15.2 Å². The normalized spacial score (nSPS) is 24.6. The first-order valence-corrected chi connectivity index (χ1v) is 9.65. The van der Waals surface area contributed by atoms with Gasteiger partial charge in [0.2, 0.25) is 5.91 Å². The van der Waals surface area contributed by atoms with Crippen LogP contribution in [-0.2, 0) is 4.79 Å². The van der Waals surface area contributed by atoms with Crippen molar-refractivity contribution in [2.75, 3.05) is 6.54 Å². The van der Waals surface area contributed by atoms with Crippen LogP contribution < -0.4 is 10.1 Å². The summed E-state index contributed by atoms with van der Waals surface area (Å²) in [5.74, 6) is 0.246. The lowest BCUT2D eigenvalue weighted by Crippen LogP contribution is -2.49. The van der Waals surface area contributed by atoms with Crippen LogP contribution in [0.4, 0.5) is 4.79 Å². The summed E-state index contributed by atoms with van der Waals surface area (Å²) in [6, 6.07) is 8.25. The number of ether oxygens (including phenoxy) is 1. The molecule has 0 aromatic heterocycles. The Morgan fingerprint density at radius 1 is 1.04 bits per heavy atom. The summed E-state index contributed by atoms with van der Waals surface area (Å²) in [4.78, 5) is 26.6. The van der Waals surface area contributed by atoms with Gasteiger partial charge in [0.15, 0.2) is 0 Å². The Bertz CT molecular complexity index is 599. The third kappa shape index (κ3) is 4.97. The molecule has 1 aromatic rings. The monoisotopic (exact) mass is 360 g/mol. The van der Waals surface area contributed by atoms with Gasteiger partial charge in [-0.25, -0.2) is 4.79 Å². The Balaban J connectivity index is 1.60. The van der Waals surface area contributed by atoms with E-state index >= 15 is 0 Å². The van der Waals surface area contributed by atoms with Gasteiger partial charge in [0.1, 0.15) is 11.8 Å². The molecular formula is C20H28N2O4. The van der Waals surface area contributed by atoms with E-state index in [2.05, 4.69) is 5.32 Å². The maximum Gasteiger partial charge on any atom is 0.416 e. The molecule has 1 aliphatic carbocycles. The number of aliphatic hydroxyl groups excluding tert-OH is 1. The Kier molecular flexibility index (Phi) is 6.50. The number of β-amino-alcohol motifs (C(OH)–C–C–N with tert-alkyl or cyclic N) is 1. The smallest absolute Gasteiger partial charge is 0.410 e. The number of amides is 2. The Morgan fingerprint density at radius 3 is 2.38 bits per heavy atom. The molecule has 0 unspecified atom stereocenters. The van der Waals surface area contributed by atoms with Crippen molar-refractivity contribution < 1.29 is 19.4 Å². The molecule has 2 N–H and O–H groups in total. The number of likely N-dealkylation sites (tertiary alicyclic amines) is 1. The predicted molar refractivity (Wildman–Crippen MR) is 97.8 cm³/mol. The van der Waals surface area contributed by atoms with Gasteiger partial charge in [0, 0.05) is 12.5 Å². The zero-order chi connectivity index (χ0) is 18.4. The fraction of sp³-hybridized carbons (Fsp3) is 0.600. The van der Waals surface area contributed by atoms with E-state index < -0.39 is 18.2 Å². The number of carbonyl (C=O) groups is 2. The van der Waals surface area contributed by atoms with Crippen LogP contribution in [0, 0.1) is 0 Å². The van der Waals surface area contributed by atoms with Gasteiger partial charge in [-0.1, -0.05) is 50.3 Å². The Hall–Kier alpha value is -2.08. The fourth-order valence-corrected chi connectivity index (χ4v) is 3.81. The van der Waals surface area contributed by atoms with Crippen LogP contribution in [0.2, 0.25) is 0 Å². The number of carbonyl (C=O) groups excluding carboxylic acids is 2. The molecule has 142 valence electrons. The van der Waals surface area contributed by atoms with Crippen LogP contribution in [-0.4, -0.2) is 46.7 Å². The molecule has 26 heavy (non-hydrogen) atoms. The number of nitrogens with one attached hydrogen (secondary N) is 1. The molecule has 0 radical (unpaired) electrons. The van der Waals surface area contributed by atoms with E-state index in [1.54, 1.807) is 24.3 Å². The summed E-state index contributed by atoms with van der Waals surface area (Å²) in [5, 5.41) is 13.1. The van der Waals surface area contributed by atoms with Crippen LogP contribution >= 0.6 is 0 Å². The molecule has 1 saturated carbocycles. The van der Waals surface area contributed by atoms with Gasteiger partial charge in [-0.15, -0.1) is 0 Å². The van der Waals surface area contributed by atoms with Gasteiger partial charge in [0.05, 0.1) is 12.6 Å². The van der Waals surface area contributed by atoms with Crippen molar-refractivity contribution in [1.29, 1.82) is 0 Å². The minimum absolute atomic E-state index is 0.119. The molecule has 2 aliphatic rings. The molecule has 0 spiro atoms. The quantitative estimate of drug-likeness (QED) is 0.869. The first-order chi connectivity index (χ1) is 12.6. The van der Waals surface area contributed by atoms with Crippen LogP contribution in [0.1, 0.15) is 51.4 Å². The summed E-state index contributed by atoms with van der Waals surface area (Å²) in [6.07, 6.45) is 6.86. The zero-order valence-corrected chi connectivity index (χ0v) is 15.1. The molecule has 1 aliphatic heterocycles. The summed E-state index contributed by atoms with van der Waals surface area (Å²) < 4.78 is 5.35. The summed E-state index contributed by atoms with van der Waals surface area (Å²) in [5.41, 5.74) is 0. The number of rotatable bonds is 3. The molecule has 6 nitrogen and oxygen atoms in total. The molecule has 1 saturated heterocycles. The summed E-state index contributed by atoms with van der Waals surface area (Å²) in [6.45, 7) is 0.119. The third-order valence-corrected chi connectivity index (χ3v) is 5.22. The lowest BCUT2D eigenvalue weighted by molar-refractivity contribution is -0.125. The molecular weight excluding hydrogens is 332 g/mol. The third-order valence-electron chi connectivity index (χ3n) is 5.22. The molecule has 1 heterocycles. The van der Waals surface area contributed by atoms with E-state index in [0.717, 1.165) is 25.7 Å². The number of para-hydroxylation sites is 1. The second-order valence-electron chi connectivity index (χ2n) is 7.29. The zero-order valence-electron chi connectivity index (χ0n) is 15.1. The van der Waals surface area contributed by atoms with Crippen molar-refractivity contribution in [3.8, 4) is 5.75 Å². The number of benzene rings is 1. The average Bonchev–Trinajstić information content (AvgIpc) is 3.00. The number of hydrogen-bond donors (Lipinski definition) is 2. The minimum Gasteiger partial charge on any atom is -0.410 e.